The van der Waals surface area contributed by atoms with Gasteiger partial charge in [-0.2, -0.15) is 0 Å². The van der Waals surface area contributed by atoms with Crippen LogP contribution in [0.4, 0.5) is 5.82 Å². The van der Waals surface area contributed by atoms with E-state index in [1.165, 1.54) is 17.7 Å². The highest BCUT2D eigenvalue weighted by molar-refractivity contribution is 7.20. The molecule has 1 amide bonds. The van der Waals surface area contributed by atoms with E-state index in [0.29, 0.717) is 32.8 Å². The average molecular weight is 372 g/mol. The lowest BCUT2D eigenvalue weighted by atomic mass is 10.2. The quantitative estimate of drug-likeness (QED) is 0.758. The summed E-state index contributed by atoms with van der Waals surface area (Å²) in [7, 11) is 0. The van der Waals surface area contributed by atoms with Crippen molar-refractivity contribution in [2.75, 3.05) is 31.6 Å². The number of morpholine rings is 1. The second kappa shape index (κ2) is 7.05. The highest BCUT2D eigenvalue weighted by Crippen LogP contribution is 2.34. The maximum absolute atomic E-state index is 12.9. The molecule has 7 nitrogen and oxygen atoms in total. The Kier molecular flexibility index (Phi) is 4.60. The highest BCUT2D eigenvalue weighted by Gasteiger charge is 2.24. The first-order valence-electron chi connectivity index (χ1n) is 8.54. The van der Waals surface area contributed by atoms with Crippen molar-refractivity contribution in [2.45, 2.75) is 20.4 Å². The number of hydrogen-bond acceptors (Lipinski definition) is 7. The lowest BCUT2D eigenvalue weighted by Gasteiger charge is -2.26. The Balaban J connectivity index is 1.63. The molecule has 0 bridgehead atoms. The van der Waals surface area contributed by atoms with Crippen LogP contribution in [-0.2, 0) is 11.3 Å². The minimum Gasteiger partial charge on any atom is -0.465 e. The molecule has 1 saturated heterocycles. The molecule has 0 aliphatic carbocycles. The third-order valence-electron chi connectivity index (χ3n) is 4.45. The van der Waals surface area contributed by atoms with Crippen molar-refractivity contribution in [3.05, 3.63) is 40.4 Å². The summed E-state index contributed by atoms with van der Waals surface area (Å²) in [5.74, 6) is 2.48. The number of amides is 1. The summed E-state index contributed by atoms with van der Waals surface area (Å²) in [4.78, 5) is 25.0. The predicted octanol–water partition coefficient (Wildman–Crippen LogP) is 2.99. The summed E-state index contributed by atoms with van der Waals surface area (Å²) in [6.07, 6.45) is 1.52. The molecule has 1 fully saturated rings. The van der Waals surface area contributed by atoms with Gasteiger partial charge in [0.1, 0.15) is 28.5 Å². The van der Waals surface area contributed by atoms with Crippen LogP contribution < -0.4 is 5.32 Å². The van der Waals surface area contributed by atoms with Crippen molar-refractivity contribution in [1.82, 2.24) is 14.9 Å². The van der Waals surface area contributed by atoms with Gasteiger partial charge in [0.15, 0.2) is 0 Å². The fourth-order valence-corrected chi connectivity index (χ4v) is 4.19. The number of rotatable bonds is 4. The zero-order chi connectivity index (χ0) is 18.1. The summed E-state index contributed by atoms with van der Waals surface area (Å²) in [5, 5.41) is 4.21. The molecule has 0 spiro atoms. The smallest absolute Gasteiger partial charge is 0.264 e. The van der Waals surface area contributed by atoms with Crippen LogP contribution in [0.15, 0.2) is 22.9 Å². The number of anilines is 1. The van der Waals surface area contributed by atoms with Crippen molar-refractivity contribution < 1.29 is 13.9 Å². The van der Waals surface area contributed by atoms with E-state index in [1.807, 2.05) is 30.9 Å². The lowest BCUT2D eigenvalue weighted by Crippen LogP contribution is -2.40. The van der Waals surface area contributed by atoms with Crippen LogP contribution in [0.5, 0.6) is 0 Å². The minimum atomic E-state index is 0.0430. The van der Waals surface area contributed by atoms with Crippen molar-refractivity contribution in [3.63, 3.8) is 0 Å². The van der Waals surface area contributed by atoms with E-state index in [2.05, 4.69) is 15.3 Å². The summed E-state index contributed by atoms with van der Waals surface area (Å²) in [5.41, 5.74) is 0.917. The third-order valence-corrected chi connectivity index (χ3v) is 5.63. The van der Waals surface area contributed by atoms with Gasteiger partial charge in [-0.25, -0.2) is 9.97 Å². The molecular formula is C18H20N4O3S. The fraction of sp³-hybridized carbons (Fsp3) is 0.389. The van der Waals surface area contributed by atoms with Crippen LogP contribution in [-0.4, -0.2) is 47.1 Å². The van der Waals surface area contributed by atoms with Gasteiger partial charge in [-0.3, -0.25) is 4.79 Å². The summed E-state index contributed by atoms with van der Waals surface area (Å²) in [6, 6.07) is 3.87. The number of nitrogens with zero attached hydrogens (tertiary/aromatic N) is 3. The number of thiophene rings is 1. The molecule has 0 unspecified atom stereocenters. The van der Waals surface area contributed by atoms with Crippen LogP contribution in [0.1, 0.15) is 26.8 Å². The van der Waals surface area contributed by atoms with Crippen LogP contribution >= 0.6 is 11.3 Å². The first kappa shape index (κ1) is 17.0. The van der Waals surface area contributed by atoms with Crippen LogP contribution in [0.3, 0.4) is 0 Å². The molecule has 8 heteroatoms. The Labute approximate surface area is 155 Å². The predicted molar refractivity (Wildman–Crippen MR) is 99.6 cm³/mol. The van der Waals surface area contributed by atoms with E-state index in [9.17, 15) is 4.79 Å². The van der Waals surface area contributed by atoms with E-state index in [1.54, 1.807) is 0 Å². The van der Waals surface area contributed by atoms with Gasteiger partial charge >= 0.3 is 0 Å². The van der Waals surface area contributed by atoms with Crippen LogP contribution in [0.25, 0.3) is 10.2 Å². The Morgan fingerprint density at radius 1 is 1.27 bits per heavy atom. The molecule has 0 saturated carbocycles. The molecule has 3 aromatic heterocycles. The molecule has 0 aromatic carbocycles. The molecular weight excluding hydrogens is 352 g/mol. The maximum atomic E-state index is 12.9. The molecule has 0 radical (unpaired) electrons. The van der Waals surface area contributed by atoms with Crippen molar-refractivity contribution in [3.8, 4) is 0 Å². The zero-order valence-corrected chi connectivity index (χ0v) is 15.6. The second-order valence-electron chi connectivity index (χ2n) is 6.23. The Hall–Kier alpha value is -2.45. The number of aryl methyl sites for hydroxylation is 2. The number of furan rings is 1. The SMILES string of the molecule is Cc1ccc(CNc2ncnc3sc(C(=O)N4CCOCC4)c(C)c23)o1. The van der Waals surface area contributed by atoms with Crippen LogP contribution in [0, 0.1) is 13.8 Å². The van der Waals surface area contributed by atoms with Crippen LogP contribution in [0.2, 0.25) is 0 Å². The summed E-state index contributed by atoms with van der Waals surface area (Å²) in [6.45, 7) is 6.83. The number of carbonyl (C=O) groups is 1. The number of aromatic nitrogens is 2. The number of carbonyl (C=O) groups excluding carboxylic acids is 1. The minimum absolute atomic E-state index is 0.0430. The van der Waals surface area contributed by atoms with E-state index in [-0.39, 0.29) is 5.91 Å². The first-order valence-corrected chi connectivity index (χ1v) is 9.35. The number of nitrogens with one attached hydrogen (secondary N) is 1. The van der Waals surface area contributed by atoms with Gasteiger partial charge in [-0.15, -0.1) is 11.3 Å². The molecule has 1 aliphatic rings. The van der Waals surface area contributed by atoms with Crippen molar-refractivity contribution in [2.24, 2.45) is 0 Å². The van der Waals surface area contributed by atoms with Gasteiger partial charge in [0, 0.05) is 13.1 Å². The van der Waals surface area contributed by atoms with Crippen molar-refractivity contribution >= 4 is 33.3 Å². The third kappa shape index (κ3) is 3.17. The van der Waals surface area contributed by atoms with E-state index >= 15 is 0 Å². The van der Waals surface area contributed by atoms with E-state index < -0.39 is 0 Å². The van der Waals surface area contributed by atoms with Gasteiger partial charge in [-0.1, -0.05) is 0 Å². The second-order valence-corrected chi connectivity index (χ2v) is 7.23. The topological polar surface area (TPSA) is 80.5 Å². The lowest BCUT2D eigenvalue weighted by molar-refractivity contribution is 0.0306. The largest absolute Gasteiger partial charge is 0.465 e. The number of ether oxygens (including phenoxy) is 1. The Bertz CT molecular complexity index is 943. The molecule has 4 rings (SSSR count). The zero-order valence-electron chi connectivity index (χ0n) is 14.7. The van der Waals surface area contributed by atoms with Gasteiger partial charge in [0.25, 0.3) is 5.91 Å². The molecule has 0 atom stereocenters. The monoisotopic (exact) mass is 372 g/mol. The van der Waals surface area contributed by atoms with Gasteiger partial charge in [-0.05, 0) is 31.5 Å². The molecule has 4 heterocycles. The van der Waals surface area contributed by atoms with Gasteiger partial charge in [0.05, 0.1) is 30.0 Å². The van der Waals surface area contributed by atoms with E-state index in [0.717, 1.165) is 38.0 Å². The highest BCUT2D eigenvalue weighted by atomic mass is 32.1. The average Bonchev–Trinajstić information content (AvgIpc) is 3.24. The fourth-order valence-electron chi connectivity index (χ4n) is 3.07. The standard InChI is InChI=1S/C18H20N4O3S/c1-11-3-4-13(25-11)9-19-16-14-12(2)15(26-17(14)21-10-20-16)18(23)22-5-7-24-8-6-22/h3-4,10H,5-9H2,1-2H3,(H,19,20,21). The molecule has 26 heavy (non-hydrogen) atoms. The van der Waals surface area contributed by atoms with Crippen molar-refractivity contribution in [1.29, 1.82) is 0 Å². The van der Waals surface area contributed by atoms with E-state index in [4.69, 9.17) is 9.15 Å². The molecule has 1 aliphatic heterocycles. The molecule has 3 aromatic rings. The van der Waals surface area contributed by atoms with Gasteiger partial charge in [0.2, 0.25) is 0 Å². The Morgan fingerprint density at radius 3 is 2.81 bits per heavy atom. The number of fused-ring (bicyclic) bond motifs is 1. The molecule has 1 N–H and O–H groups in total. The molecule has 136 valence electrons. The Morgan fingerprint density at radius 2 is 2.08 bits per heavy atom. The maximum Gasteiger partial charge on any atom is 0.264 e. The number of hydrogen-bond donors (Lipinski definition) is 1. The summed E-state index contributed by atoms with van der Waals surface area (Å²) < 4.78 is 10.9. The normalized spacial score (nSPS) is 14.8. The van der Waals surface area contributed by atoms with Gasteiger partial charge < -0.3 is 19.4 Å². The first-order chi connectivity index (χ1) is 12.6. The summed E-state index contributed by atoms with van der Waals surface area (Å²) >= 11 is 1.42.